The van der Waals surface area contributed by atoms with Crippen LogP contribution in [0.2, 0.25) is 0 Å². The summed E-state index contributed by atoms with van der Waals surface area (Å²) < 4.78 is 91.2. The fourth-order valence-corrected chi connectivity index (χ4v) is 14.6. The molecule has 0 radical (unpaired) electrons. The van der Waals surface area contributed by atoms with Gasteiger partial charge in [0.15, 0.2) is 23.1 Å². The number of aromatic amines is 1. The minimum Gasteiger partial charge on any atom is -0.480 e. The number of para-hydroxylation sites is 3. The second kappa shape index (κ2) is 35.2. The van der Waals surface area contributed by atoms with Crippen molar-refractivity contribution in [2.45, 2.75) is 102 Å². The van der Waals surface area contributed by atoms with E-state index in [4.69, 9.17) is 22.3 Å². The maximum atomic E-state index is 14.3. The van der Waals surface area contributed by atoms with Crippen LogP contribution in [0.3, 0.4) is 0 Å². The molecule has 3 aliphatic rings. The number of aryl methyl sites for hydroxylation is 1. The summed E-state index contributed by atoms with van der Waals surface area (Å²) in [6.45, 7) is -0.0786. The number of carboxylic acid groups (broad SMARTS) is 1. The van der Waals surface area contributed by atoms with Crippen LogP contribution in [-0.4, -0.2) is 88.5 Å². The second-order valence-electron chi connectivity index (χ2n) is 26.3. The number of nitrogens with two attached hydrogens (primary N) is 3. The SMILES string of the molecule is COC(=O)CBr.NC(=O)c1cc(-c2cccnc2[C@@H](CC(=O)Cn2c3c(c4ccccc42)C(=O)CCC3)Cc2cc(F)cc(F)c2)ccc1F.NC(=O)c1cc(-c2cccnc2[C@@H](N)Cc2cc(F)cc(F)c2)ccc1F.O=C(O)Cn1c2c(c3ccccc31)C(=O)CCC2.O=C1CCCc2[nH]c3ccccc3c21. The summed E-state index contributed by atoms with van der Waals surface area (Å²) >= 11 is 2.90. The number of esters is 1. The Kier molecular flexibility index (Phi) is 25.2. The molecule has 2 amide bonds. The van der Waals surface area contributed by atoms with Crippen molar-refractivity contribution in [3.05, 3.63) is 285 Å². The number of primary amides is 2. The van der Waals surface area contributed by atoms with Gasteiger partial charge in [-0.1, -0.05) is 94.8 Å². The lowest BCUT2D eigenvalue weighted by molar-refractivity contribution is -0.138. The van der Waals surface area contributed by atoms with Gasteiger partial charge in [-0.15, -0.1) is 0 Å². The topological polar surface area (TPSA) is 296 Å². The van der Waals surface area contributed by atoms with E-state index in [-0.39, 0.29) is 72.1 Å². The molecule has 0 aliphatic heterocycles. The monoisotopic (exact) mass is 1550 g/mol. The third kappa shape index (κ3) is 18.4. The molecule has 15 rings (SSSR count). The molecule has 109 heavy (non-hydrogen) atoms. The fourth-order valence-electron chi connectivity index (χ4n) is 14.3. The van der Waals surface area contributed by atoms with Crippen LogP contribution in [0.15, 0.2) is 182 Å². The number of nitrogens with zero attached hydrogens (tertiary/aromatic N) is 4. The molecule has 25 heteroatoms. The number of hydrogen-bond acceptors (Lipinski definition) is 12. The zero-order valence-electron chi connectivity index (χ0n) is 58.9. The van der Waals surface area contributed by atoms with E-state index in [9.17, 15) is 64.7 Å². The second-order valence-corrected chi connectivity index (χ2v) is 26.9. The minimum atomic E-state index is -0.933. The van der Waals surface area contributed by atoms with Gasteiger partial charge in [-0.05, 0) is 152 Å². The van der Waals surface area contributed by atoms with Crippen LogP contribution in [0.4, 0.5) is 26.3 Å². The molecule has 2 atom stereocenters. The molecule has 5 aromatic heterocycles. The summed E-state index contributed by atoms with van der Waals surface area (Å²) in [5.41, 5.74) is 27.9. The Labute approximate surface area is 629 Å². The first-order valence-corrected chi connectivity index (χ1v) is 36.0. The predicted molar refractivity (Wildman–Crippen MR) is 403 cm³/mol. The zero-order chi connectivity index (χ0) is 77.7. The molecular formula is C84H73BrF6N8O10. The highest BCUT2D eigenvalue weighted by Crippen LogP contribution is 2.38. The number of carboxylic acids is 1. The summed E-state index contributed by atoms with van der Waals surface area (Å²) in [4.78, 5) is 107. The summed E-state index contributed by atoms with van der Waals surface area (Å²) in [5.74, 6) is -7.62. The van der Waals surface area contributed by atoms with Crippen molar-refractivity contribution in [1.29, 1.82) is 0 Å². The highest BCUT2D eigenvalue weighted by Gasteiger charge is 2.31. The molecule has 12 aromatic rings. The molecule has 7 aromatic carbocycles. The van der Waals surface area contributed by atoms with Gasteiger partial charge >= 0.3 is 11.9 Å². The molecule has 5 heterocycles. The number of methoxy groups -OCH3 is 1. The number of carbonyl (C=O) groups is 8. The van der Waals surface area contributed by atoms with Crippen molar-refractivity contribution < 1.29 is 74.5 Å². The third-order valence-corrected chi connectivity index (χ3v) is 19.4. The molecule has 0 saturated carbocycles. The number of aromatic nitrogens is 5. The number of alkyl halides is 1. The minimum absolute atomic E-state index is 0.00166. The number of nitrogens with one attached hydrogen (secondary N) is 1. The summed E-state index contributed by atoms with van der Waals surface area (Å²) in [6, 6.07) is 43.5. The van der Waals surface area contributed by atoms with E-state index in [1.165, 1.54) is 61.8 Å². The number of carbonyl (C=O) groups excluding carboxylic acids is 7. The van der Waals surface area contributed by atoms with E-state index in [0.29, 0.717) is 88.2 Å². The van der Waals surface area contributed by atoms with E-state index >= 15 is 0 Å². The van der Waals surface area contributed by atoms with Gasteiger partial charge in [0, 0.05) is 134 Å². The molecule has 0 saturated heterocycles. The predicted octanol–water partition coefficient (Wildman–Crippen LogP) is 15.7. The number of benzene rings is 7. The number of fused-ring (bicyclic) bond motifs is 9. The molecule has 3 aliphatic carbocycles. The number of pyridine rings is 2. The average Bonchev–Trinajstić information content (AvgIpc) is 1.63. The van der Waals surface area contributed by atoms with Gasteiger partial charge in [0.2, 0.25) is 0 Å². The van der Waals surface area contributed by atoms with E-state index < -0.39 is 64.6 Å². The lowest BCUT2D eigenvalue weighted by atomic mass is 9.86. The average molecular weight is 1550 g/mol. The number of halogens is 7. The Bertz CT molecular complexity index is 5470. The normalized spacial score (nSPS) is 13.3. The van der Waals surface area contributed by atoms with Crippen LogP contribution in [0.25, 0.3) is 55.0 Å². The van der Waals surface area contributed by atoms with Crippen LogP contribution in [0.5, 0.6) is 0 Å². The Morgan fingerprint density at radius 3 is 1.47 bits per heavy atom. The van der Waals surface area contributed by atoms with Crippen molar-refractivity contribution in [3.63, 3.8) is 0 Å². The molecule has 0 fully saturated rings. The van der Waals surface area contributed by atoms with Crippen molar-refractivity contribution in [3.8, 4) is 22.3 Å². The maximum absolute atomic E-state index is 14.3. The standard InChI is InChI=1S/C35H28F3N3O3.C20H16F3N3O.C14H13NO3.C12H11NO.C3H5BrO2/c36-23-14-20(15-24(37)18-23)13-22(34-26(6-4-12-40-34)21-10-11-29(38)28(17-21)35(39)44)16-25(42)19-41-30-7-2-1-5-27(30)33-31(41)8-3-9-32(33)43;21-13-6-11(7-14(22)10-13)8-18(24)19-15(2-1-5-26-19)12-3-4-17(23)16(9-12)20(25)27;16-12-7-3-6-11-14(12)9-4-1-2-5-10(9)15(11)8-13(17)18;14-11-7-3-6-10-12(11)8-4-1-2-5-9(8)13-10;1-6-3(5)2-4/h1-2,4-7,10-12,14-15,17-18,22H,3,8-9,13,16,19H2,(H2,39,44);1-7,9-10,18H,8,24H2,(H2,25,27);1-2,4-5H,3,6-8H2,(H,17,18);1-2,4-5,13H,3,6-7H2;2H2,1H3/t22-;18-;;;/m10.../s1. The van der Waals surface area contributed by atoms with Crippen molar-refractivity contribution >= 4 is 95.5 Å². The van der Waals surface area contributed by atoms with Crippen LogP contribution < -0.4 is 17.2 Å². The third-order valence-electron chi connectivity index (χ3n) is 19.0. The number of Topliss-reactive ketones (excluding diaryl/α,β-unsaturated/α-hetero) is 4. The zero-order valence-corrected chi connectivity index (χ0v) is 60.5. The molecular weight excluding hydrogens is 1470 g/mol. The van der Waals surface area contributed by atoms with Gasteiger partial charge in [0.05, 0.1) is 42.2 Å². The van der Waals surface area contributed by atoms with Crippen molar-refractivity contribution in [2.24, 2.45) is 17.2 Å². The quantitative estimate of drug-likeness (QED) is 0.0322. The molecule has 18 nitrogen and oxygen atoms in total. The van der Waals surface area contributed by atoms with Gasteiger partial charge in [0.25, 0.3) is 11.8 Å². The van der Waals surface area contributed by atoms with E-state index in [0.717, 1.165) is 111 Å². The number of ether oxygens (including phenoxy) is 1. The lowest BCUT2D eigenvalue weighted by Crippen LogP contribution is -2.20. The van der Waals surface area contributed by atoms with Gasteiger partial charge in [0.1, 0.15) is 46.8 Å². The van der Waals surface area contributed by atoms with Gasteiger partial charge in [-0.3, -0.25) is 48.3 Å². The highest BCUT2D eigenvalue weighted by molar-refractivity contribution is 9.09. The van der Waals surface area contributed by atoms with Crippen LogP contribution in [-0.2, 0) is 64.3 Å². The largest absolute Gasteiger partial charge is 0.480 e. The van der Waals surface area contributed by atoms with Gasteiger partial charge in [-0.2, -0.15) is 0 Å². The Morgan fingerprint density at radius 1 is 0.532 bits per heavy atom. The smallest absolute Gasteiger partial charge is 0.323 e. The fraction of sp³-hybridized carbons (Fsp3) is 0.214. The van der Waals surface area contributed by atoms with Crippen LogP contribution >= 0.6 is 15.9 Å². The number of ketones is 4. The highest BCUT2D eigenvalue weighted by atomic mass is 79.9. The summed E-state index contributed by atoms with van der Waals surface area (Å²) in [5, 5.41) is 12.1. The number of rotatable bonds is 17. The number of aliphatic carboxylic acids is 1. The Hall–Kier alpha value is -12.0. The Balaban J connectivity index is 0.000000153. The molecule has 0 spiro atoms. The first kappa shape index (κ1) is 78.1. The number of amides is 2. The number of hydrogen-bond donors (Lipinski definition) is 5. The van der Waals surface area contributed by atoms with Gasteiger partial charge < -0.3 is 41.2 Å². The molecule has 0 bridgehead atoms. The molecule has 0 unspecified atom stereocenters. The van der Waals surface area contributed by atoms with Crippen molar-refractivity contribution in [2.75, 3.05) is 12.4 Å². The molecule has 8 N–H and O–H groups in total. The van der Waals surface area contributed by atoms with Crippen molar-refractivity contribution in [1.82, 2.24) is 24.1 Å². The van der Waals surface area contributed by atoms with Crippen LogP contribution in [0.1, 0.15) is 148 Å². The summed E-state index contributed by atoms with van der Waals surface area (Å²) in [6.07, 6.45) is 9.94. The van der Waals surface area contributed by atoms with Crippen LogP contribution in [0, 0.1) is 34.9 Å². The Morgan fingerprint density at radius 2 is 0.982 bits per heavy atom. The molecule has 558 valence electrons. The first-order valence-electron chi connectivity index (χ1n) is 34.9. The summed E-state index contributed by atoms with van der Waals surface area (Å²) in [7, 11) is 1.35. The van der Waals surface area contributed by atoms with E-state index in [1.807, 2.05) is 77.4 Å². The maximum Gasteiger partial charge on any atom is 0.323 e. The first-order chi connectivity index (χ1) is 52.4. The van der Waals surface area contributed by atoms with E-state index in [2.05, 4.69) is 35.6 Å². The van der Waals surface area contributed by atoms with Gasteiger partial charge in [-0.25, -0.2) is 26.3 Å². The number of H-pyrrole nitrogens is 1. The lowest BCUT2D eigenvalue weighted by Gasteiger charge is -2.21. The van der Waals surface area contributed by atoms with E-state index in [1.54, 1.807) is 35.0 Å².